The van der Waals surface area contributed by atoms with E-state index in [1.807, 2.05) is 0 Å². The van der Waals surface area contributed by atoms with Crippen molar-refractivity contribution in [2.45, 2.75) is 12.5 Å². The zero-order valence-electron chi connectivity index (χ0n) is 9.12. The van der Waals surface area contributed by atoms with Gasteiger partial charge in [0.2, 0.25) is 5.91 Å². The molecule has 1 atom stereocenters. The lowest BCUT2D eigenvalue weighted by molar-refractivity contribution is -0.137. The molecule has 0 aromatic heterocycles. The first-order valence-corrected chi connectivity index (χ1v) is 5.40. The van der Waals surface area contributed by atoms with Crippen molar-refractivity contribution in [2.75, 3.05) is 46.0 Å². The van der Waals surface area contributed by atoms with Crippen LogP contribution < -0.4 is 5.32 Å². The summed E-state index contributed by atoms with van der Waals surface area (Å²) in [5, 5.41) is 3.29. The van der Waals surface area contributed by atoms with E-state index in [9.17, 15) is 4.79 Å². The molecule has 0 aromatic rings. The molecule has 5 heteroatoms. The fourth-order valence-electron chi connectivity index (χ4n) is 2.08. The molecule has 1 N–H and O–H groups in total. The van der Waals surface area contributed by atoms with Crippen LogP contribution in [0.5, 0.6) is 0 Å². The van der Waals surface area contributed by atoms with Crippen molar-refractivity contribution in [3.05, 3.63) is 0 Å². The fraction of sp³-hybridized carbons (Fsp3) is 0.900. The van der Waals surface area contributed by atoms with E-state index in [0.29, 0.717) is 32.9 Å². The zero-order chi connectivity index (χ0) is 10.7. The molecule has 0 unspecified atom stereocenters. The van der Waals surface area contributed by atoms with Crippen LogP contribution in [0.15, 0.2) is 0 Å². The number of rotatable bonds is 0. The predicted molar refractivity (Wildman–Crippen MR) is 54.6 cm³/mol. The Bertz CT molecular complexity index is 239. The summed E-state index contributed by atoms with van der Waals surface area (Å²) < 4.78 is 11.3. The summed E-state index contributed by atoms with van der Waals surface area (Å²) in [6.07, 6.45) is 0. The van der Waals surface area contributed by atoms with Gasteiger partial charge in [-0.3, -0.25) is 4.79 Å². The topological polar surface area (TPSA) is 50.8 Å². The Labute approximate surface area is 89.7 Å². The second-order valence-electron chi connectivity index (χ2n) is 4.20. The van der Waals surface area contributed by atoms with Crippen molar-refractivity contribution in [2.24, 2.45) is 0 Å². The predicted octanol–water partition coefficient (Wildman–Crippen LogP) is -0.776. The molecule has 1 amide bonds. The van der Waals surface area contributed by atoms with Crippen LogP contribution in [0, 0.1) is 0 Å². The van der Waals surface area contributed by atoms with Crippen LogP contribution in [-0.2, 0) is 14.3 Å². The highest BCUT2D eigenvalue weighted by Crippen LogP contribution is 2.18. The molecule has 2 heterocycles. The number of hydrogen-bond acceptors (Lipinski definition) is 4. The molecular weight excluding hydrogens is 196 g/mol. The molecule has 2 rings (SSSR count). The summed E-state index contributed by atoms with van der Waals surface area (Å²) >= 11 is 0. The fourth-order valence-corrected chi connectivity index (χ4v) is 2.08. The van der Waals surface area contributed by atoms with Gasteiger partial charge < -0.3 is 19.7 Å². The molecule has 2 saturated heterocycles. The van der Waals surface area contributed by atoms with E-state index >= 15 is 0 Å². The van der Waals surface area contributed by atoms with Gasteiger partial charge >= 0.3 is 0 Å². The molecule has 15 heavy (non-hydrogen) atoms. The van der Waals surface area contributed by atoms with E-state index in [-0.39, 0.29) is 11.5 Å². The lowest BCUT2D eigenvalue weighted by Gasteiger charge is -2.38. The maximum atomic E-state index is 11.4. The first kappa shape index (κ1) is 10.9. The minimum Gasteiger partial charge on any atom is -0.376 e. The Balaban J connectivity index is 2.06. The monoisotopic (exact) mass is 214 g/mol. The van der Waals surface area contributed by atoms with E-state index in [1.54, 1.807) is 11.8 Å². The van der Waals surface area contributed by atoms with Crippen LogP contribution >= 0.6 is 0 Å². The van der Waals surface area contributed by atoms with Gasteiger partial charge in [-0.25, -0.2) is 0 Å². The Morgan fingerprint density at radius 3 is 3.00 bits per heavy atom. The Morgan fingerprint density at radius 1 is 1.47 bits per heavy atom. The number of hydrogen-bond donors (Lipinski definition) is 1. The van der Waals surface area contributed by atoms with Crippen molar-refractivity contribution >= 4 is 5.91 Å². The molecule has 0 bridgehead atoms. The van der Waals surface area contributed by atoms with Crippen molar-refractivity contribution in [1.29, 1.82) is 0 Å². The van der Waals surface area contributed by atoms with Crippen molar-refractivity contribution in [1.82, 2.24) is 10.2 Å². The van der Waals surface area contributed by atoms with Gasteiger partial charge in [0.1, 0.15) is 5.60 Å². The number of carbonyl (C=O) groups is 1. The lowest BCUT2D eigenvalue weighted by atomic mass is 10.0. The number of amides is 1. The second kappa shape index (κ2) is 4.47. The molecule has 1 spiro atoms. The Morgan fingerprint density at radius 2 is 2.33 bits per heavy atom. The van der Waals surface area contributed by atoms with Crippen molar-refractivity contribution in [3.63, 3.8) is 0 Å². The molecule has 86 valence electrons. The molecule has 0 radical (unpaired) electrons. The molecular formula is C10H18N2O3. The number of ether oxygens (including phenoxy) is 2. The maximum absolute atomic E-state index is 11.4. The smallest absolute Gasteiger partial charge is 0.219 e. The third-order valence-electron chi connectivity index (χ3n) is 2.93. The van der Waals surface area contributed by atoms with Crippen LogP contribution in [0.3, 0.4) is 0 Å². The van der Waals surface area contributed by atoms with Gasteiger partial charge in [0.25, 0.3) is 0 Å². The first-order chi connectivity index (χ1) is 7.22. The standard InChI is InChI=1S/C10H18N2O3/c1-9(13)12-3-5-14-8-10(7-12)6-11-2-4-15-10/h11H,2-8H2,1H3/t10-/m0/s1. The summed E-state index contributed by atoms with van der Waals surface area (Å²) in [6, 6.07) is 0. The van der Waals surface area contributed by atoms with Gasteiger partial charge in [0.05, 0.1) is 26.4 Å². The maximum Gasteiger partial charge on any atom is 0.219 e. The van der Waals surface area contributed by atoms with Crippen molar-refractivity contribution in [3.8, 4) is 0 Å². The number of nitrogens with zero attached hydrogens (tertiary/aromatic N) is 1. The Kier molecular flexibility index (Phi) is 3.23. The average molecular weight is 214 g/mol. The summed E-state index contributed by atoms with van der Waals surface area (Å²) in [4.78, 5) is 13.2. The van der Waals surface area contributed by atoms with Gasteiger partial charge in [-0.1, -0.05) is 0 Å². The molecule has 0 aromatic carbocycles. The van der Waals surface area contributed by atoms with E-state index < -0.39 is 0 Å². The average Bonchev–Trinajstić information content (AvgIpc) is 2.43. The number of nitrogens with one attached hydrogen (secondary N) is 1. The molecule has 2 aliphatic heterocycles. The van der Waals surface area contributed by atoms with Crippen LogP contribution in [0.2, 0.25) is 0 Å². The molecule has 0 saturated carbocycles. The highest BCUT2D eigenvalue weighted by Gasteiger charge is 2.38. The lowest BCUT2D eigenvalue weighted by Crippen LogP contribution is -2.58. The van der Waals surface area contributed by atoms with E-state index in [2.05, 4.69) is 5.32 Å². The van der Waals surface area contributed by atoms with E-state index in [1.165, 1.54) is 0 Å². The first-order valence-electron chi connectivity index (χ1n) is 5.40. The third-order valence-corrected chi connectivity index (χ3v) is 2.93. The highest BCUT2D eigenvalue weighted by atomic mass is 16.5. The molecule has 2 aliphatic rings. The van der Waals surface area contributed by atoms with Crippen LogP contribution in [0.1, 0.15) is 6.92 Å². The van der Waals surface area contributed by atoms with Gasteiger partial charge in [-0.2, -0.15) is 0 Å². The quantitative estimate of drug-likeness (QED) is 0.575. The SMILES string of the molecule is CC(=O)N1CCOC[C@]2(CNCCO2)C1. The number of carbonyl (C=O) groups excluding carboxylic acids is 1. The van der Waals surface area contributed by atoms with Gasteiger partial charge in [-0.05, 0) is 0 Å². The highest BCUT2D eigenvalue weighted by molar-refractivity contribution is 5.73. The number of morpholine rings is 1. The normalized spacial score (nSPS) is 32.7. The van der Waals surface area contributed by atoms with Crippen LogP contribution in [0.25, 0.3) is 0 Å². The second-order valence-corrected chi connectivity index (χ2v) is 4.20. The van der Waals surface area contributed by atoms with Crippen LogP contribution in [0.4, 0.5) is 0 Å². The summed E-state index contributed by atoms with van der Waals surface area (Å²) in [7, 11) is 0. The third kappa shape index (κ3) is 2.48. The van der Waals surface area contributed by atoms with E-state index in [4.69, 9.17) is 9.47 Å². The van der Waals surface area contributed by atoms with E-state index in [0.717, 1.165) is 13.1 Å². The largest absolute Gasteiger partial charge is 0.376 e. The zero-order valence-corrected chi connectivity index (χ0v) is 9.12. The van der Waals surface area contributed by atoms with Gasteiger partial charge in [0.15, 0.2) is 0 Å². The minimum atomic E-state index is -0.333. The molecule has 5 nitrogen and oxygen atoms in total. The summed E-state index contributed by atoms with van der Waals surface area (Å²) in [5.74, 6) is 0.0917. The Hall–Kier alpha value is -0.650. The van der Waals surface area contributed by atoms with Gasteiger partial charge in [0, 0.05) is 26.6 Å². The van der Waals surface area contributed by atoms with Crippen LogP contribution in [-0.4, -0.2) is 62.4 Å². The molecule has 0 aliphatic carbocycles. The minimum absolute atomic E-state index is 0.0917. The summed E-state index contributed by atoms with van der Waals surface area (Å²) in [5.41, 5.74) is -0.333. The molecule has 2 fully saturated rings. The van der Waals surface area contributed by atoms with Gasteiger partial charge in [-0.15, -0.1) is 0 Å². The summed E-state index contributed by atoms with van der Waals surface area (Å²) in [6.45, 7) is 6.40. The van der Waals surface area contributed by atoms with Crippen molar-refractivity contribution < 1.29 is 14.3 Å².